The van der Waals surface area contributed by atoms with Crippen LogP contribution in [0.2, 0.25) is 0 Å². The van der Waals surface area contributed by atoms with E-state index in [9.17, 15) is 13.2 Å². The van der Waals surface area contributed by atoms with Crippen molar-refractivity contribution in [2.75, 3.05) is 27.3 Å². The molecule has 2 aromatic rings. The van der Waals surface area contributed by atoms with Crippen LogP contribution in [-0.2, 0) is 20.6 Å². The summed E-state index contributed by atoms with van der Waals surface area (Å²) < 4.78 is 37.7. The highest BCUT2D eigenvalue weighted by molar-refractivity contribution is 7.88. The number of ether oxygens (including phenoxy) is 2. The fourth-order valence-corrected chi connectivity index (χ4v) is 5.48. The van der Waals surface area contributed by atoms with Gasteiger partial charge in [0.1, 0.15) is 0 Å². The molecule has 0 radical (unpaired) electrons. The summed E-state index contributed by atoms with van der Waals surface area (Å²) in [5.41, 5.74) is 2.79. The zero-order valence-electron chi connectivity index (χ0n) is 19.1. The van der Waals surface area contributed by atoms with Crippen molar-refractivity contribution < 1.29 is 22.7 Å². The monoisotopic (exact) mass is 460 g/mol. The molecule has 3 rings (SSSR count). The molecule has 1 aliphatic rings. The first kappa shape index (κ1) is 24.1. The van der Waals surface area contributed by atoms with Gasteiger partial charge < -0.3 is 14.8 Å². The van der Waals surface area contributed by atoms with Crippen LogP contribution in [0.15, 0.2) is 42.5 Å². The highest BCUT2D eigenvalue weighted by atomic mass is 32.2. The lowest BCUT2D eigenvalue weighted by atomic mass is 9.96. The average Bonchev–Trinajstić information content (AvgIpc) is 2.80. The number of hydrogen-bond donors (Lipinski definition) is 1. The number of carbonyl (C=O) groups excluding carboxylic acids is 1. The molecule has 0 unspecified atom stereocenters. The van der Waals surface area contributed by atoms with Gasteiger partial charge in [0.05, 0.1) is 26.0 Å². The van der Waals surface area contributed by atoms with Crippen LogP contribution in [0, 0.1) is 12.8 Å². The number of amides is 1. The Labute approximate surface area is 190 Å². The number of aryl methyl sites for hydroxylation is 1. The molecule has 1 atom stereocenters. The predicted molar refractivity (Wildman–Crippen MR) is 124 cm³/mol. The number of benzene rings is 2. The Morgan fingerprint density at radius 2 is 1.69 bits per heavy atom. The molecule has 1 amide bonds. The van der Waals surface area contributed by atoms with Gasteiger partial charge in [0.15, 0.2) is 11.5 Å². The van der Waals surface area contributed by atoms with Crippen LogP contribution in [0.25, 0.3) is 0 Å². The van der Waals surface area contributed by atoms with Crippen LogP contribution < -0.4 is 14.8 Å². The summed E-state index contributed by atoms with van der Waals surface area (Å²) in [4.78, 5) is 12.8. The number of rotatable bonds is 8. The molecule has 174 valence electrons. The quantitative estimate of drug-likeness (QED) is 0.652. The van der Waals surface area contributed by atoms with Gasteiger partial charge in [-0.25, -0.2) is 12.7 Å². The summed E-state index contributed by atoms with van der Waals surface area (Å²) in [6.45, 7) is 4.61. The molecule has 1 N–H and O–H groups in total. The third kappa shape index (κ3) is 5.81. The summed E-state index contributed by atoms with van der Waals surface area (Å²) in [6, 6.07) is 12.9. The minimum atomic E-state index is -3.40. The molecule has 7 nitrogen and oxygen atoms in total. The van der Waals surface area contributed by atoms with E-state index in [1.54, 1.807) is 14.2 Å². The van der Waals surface area contributed by atoms with Crippen LogP contribution >= 0.6 is 0 Å². The van der Waals surface area contributed by atoms with Gasteiger partial charge >= 0.3 is 0 Å². The van der Waals surface area contributed by atoms with E-state index < -0.39 is 10.0 Å². The zero-order valence-corrected chi connectivity index (χ0v) is 19.9. The molecular weight excluding hydrogens is 428 g/mol. The van der Waals surface area contributed by atoms with Gasteiger partial charge in [-0.1, -0.05) is 35.9 Å². The average molecular weight is 461 g/mol. The molecule has 0 spiro atoms. The van der Waals surface area contributed by atoms with E-state index >= 15 is 0 Å². The van der Waals surface area contributed by atoms with Gasteiger partial charge in [0.2, 0.25) is 15.9 Å². The standard InChI is InChI=1S/C24H32N2O5S/c1-17-5-7-19(8-6-17)16-32(28,29)26-13-11-20(12-14-26)24(27)25-18(2)21-9-10-22(30-3)23(15-21)31-4/h5-10,15,18,20H,11-14,16H2,1-4H3,(H,25,27)/t18-/m1/s1. The topological polar surface area (TPSA) is 84.9 Å². The molecular formula is C24H32N2O5S. The highest BCUT2D eigenvalue weighted by Crippen LogP contribution is 2.30. The fraction of sp³-hybridized carbons (Fsp3) is 0.458. The Hall–Kier alpha value is -2.58. The van der Waals surface area contributed by atoms with Gasteiger partial charge in [-0.2, -0.15) is 0 Å². The van der Waals surface area contributed by atoms with Gasteiger partial charge in [-0.15, -0.1) is 0 Å². The molecule has 1 fully saturated rings. The van der Waals surface area contributed by atoms with E-state index in [4.69, 9.17) is 9.47 Å². The lowest BCUT2D eigenvalue weighted by Gasteiger charge is -2.31. The summed E-state index contributed by atoms with van der Waals surface area (Å²) in [5, 5.41) is 3.05. The van der Waals surface area contributed by atoms with Crippen molar-refractivity contribution in [3.63, 3.8) is 0 Å². The van der Waals surface area contributed by atoms with Crippen molar-refractivity contribution in [2.24, 2.45) is 5.92 Å². The smallest absolute Gasteiger partial charge is 0.223 e. The van der Waals surface area contributed by atoms with E-state index in [-0.39, 0.29) is 23.6 Å². The second-order valence-electron chi connectivity index (χ2n) is 8.26. The first-order valence-electron chi connectivity index (χ1n) is 10.8. The maximum Gasteiger partial charge on any atom is 0.223 e. The van der Waals surface area contributed by atoms with Crippen LogP contribution in [0.4, 0.5) is 0 Å². The molecule has 8 heteroatoms. The van der Waals surface area contributed by atoms with E-state index in [0.29, 0.717) is 37.4 Å². The van der Waals surface area contributed by atoms with Crippen LogP contribution in [-0.4, -0.2) is 45.9 Å². The highest BCUT2D eigenvalue weighted by Gasteiger charge is 2.31. The Morgan fingerprint density at radius 3 is 2.28 bits per heavy atom. The van der Waals surface area contributed by atoms with Gasteiger partial charge in [-0.3, -0.25) is 4.79 Å². The minimum absolute atomic E-state index is 0.0134. The maximum atomic E-state index is 12.8. The number of methoxy groups -OCH3 is 2. The molecule has 0 bridgehead atoms. The second-order valence-corrected chi connectivity index (χ2v) is 10.2. The number of sulfonamides is 1. The lowest BCUT2D eigenvalue weighted by molar-refractivity contribution is -0.126. The maximum absolute atomic E-state index is 12.8. The summed E-state index contributed by atoms with van der Waals surface area (Å²) >= 11 is 0. The Morgan fingerprint density at radius 1 is 1.06 bits per heavy atom. The normalized spacial score (nSPS) is 16.4. The molecule has 32 heavy (non-hydrogen) atoms. The molecule has 1 saturated heterocycles. The first-order chi connectivity index (χ1) is 15.2. The number of carbonyl (C=O) groups is 1. The van der Waals surface area contributed by atoms with Crippen molar-refractivity contribution in [3.05, 3.63) is 59.2 Å². The third-order valence-electron chi connectivity index (χ3n) is 5.95. The first-order valence-corrected chi connectivity index (χ1v) is 12.4. The van der Waals surface area contributed by atoms with Gasteiger partial charge in [-0.05, 0) is 49.9 Å². The second kappa shape index (κ2) is 10.4. The third-order valence-corrected chi connectivity index (χ3v) is 7.80. The Balaban J connectivity index is 1.55. The largest absolute Gasteiger partial charge is 0.493 e. The molecule has 2 aromatic carbocycles. The predicted octanol–water partition coefficient (Wildman–Crippen LogP) is 3.43. The fourth-order valence-electron chi connectivity index (χ4n) is 3.92. The van der Waals surface area contributed by atoms with E-state index in [0.717, 1.165) is 16.7 Å². The van der Waals surface area contributed by atoms with Crippen LogP contribution in [0.5, 0.6) is 11.5 Å². The number of nitrogens with zero attached hydrogens (tertiary/aromatic N) is 1. The van der Waals surface area contributed by atoms with Crippen molar-refractivity contribution in [2.45, 2.75) is 38.5 Å². The van der Waals surface area contributed by atoms with Crippen molar-refractivity contribution >= 4 is 15.9 Å². The molecule has 1 heterocycles. The van der Waals surface area contributed by atoms with E-state index in [2.05, 4.69) is 5.32 Å². The lowest BCUT2D eigenvalue weighted by Crippen LogP contribution is -2.43. The summed E-state index contributed by atoms with van der Waals surface area (Å²) in [7, 11) is -0.248. The number of hydrogen-bond acceptors (Lipinski definition) is 5. The Kier molecular flexibility index (Phi) is 7.79. The van der Waals surface area contributed by atoms with E-state index in [1.165, 1.54) is 4.31 Å². The molecule has 0 aromatic heterocycles. The molecule has 0 saturated carbocycles. The van der Waals surface area contributed by atoms with Crippen molar-refractivity contribution in [1.29, 1.82) is 0 Å². The number of nitrogens with one attached hydrogen (secondary N) is 1. The van der Waals surface area contributed by atoms with Gasteiger partial charge in [0, 0.05) is 19.0 Å². The van der Waals surface area contributed by atoms with Crippen molar-refractivity contribution in [3.8, 4) is 11.5 Å². The van der Waals surface area contributed by atoms with Gasteiger partial charge in [0.25, 0.3) is 0 Å². The summed E-state index contributed by atoms with van der Waals surface area (Å²) in [6.07, 6.45) is 1.02. The Bertz CT molecular complexity index is 1030. The zero-order chi connectivity index (χ0) is 23.3. The van der Waals surface area contributed by atoms with E-state index in [1.807, 2.05) is 56.3 Å². The molecule has 1 aliphatic heterocycles. The van der Waals surface area contributed by atoms with Crippen LogP contribution in [0.3, 0.4) is 0 Å². The minimum Gasteiger partial charge on any atom is -0.493 e. The number of piperidine rings is 1. The molecule has 0 aliphatic carbocycles. The van der Waals surface area contributed by atoms with Crippen molar-refractivity contribution in [1.82, 2.24) is 9.62 Å². The summed E-state index contributed by atoms with van der Waals surface area (Å²) in [5.74, 6) is 0.971. The SMILES string of the molecule is COc1ccc([C@@H](C)NC(=O)C2CCN(S(=O)(=O)Cc3ccc(C)cc3)CC2)cc1OC. The van der Waals surface area contributed by atoms with Crippen LogP contribution in [0.1, 0.15) is 42.5 Å².